The minimum atomic E-state index is -0.572. The van der Waals surface area contributed by atoms with E-state index in [0.29, 0.717) is 12.0 Å². The van der Waals surface area contributed by atoms with Crippen molar-refractivity contribution >= 4 is 23.1 Å². The van der Waals surface area contributed by atoms with Crippen LogP contribution in [0.1, 0.15) is 12.5 Å². The number of nitrogens with two attached hydrogens (primary N) is 1. The second-order valence-corrected chi connectivity index (χ2v) is 4.25. The molecule has 0 bridgehead atoms. The van der Waals surface area contributed by atoms with Gasteiger partial charge in [-0.05, 0) is 12.5 Å². The minimum absolute atomic E-state index is 0.0630. The van der Waals surface area contributed by atoms with Crippen molar-refractivity contribution in [3.63, 3.8) is 0 Å². The number of benzene rings is 1. The molecule has 0 aliphatic rings. The SMILES string of the molecule is CCc1c(N)ncnc1Oc1c(Cl)cccc1[N+](=O)[O-]. The van der Waals surface area contributed by atoms with E-state index in [1.54, 1.807) is 0 Å². The molecule has 1 heterocycles. The van der Waals surface area contributed by atoms with Gasteiger partial charge < -0.3 is 10.5 Å². The van der Waals surface area contributed by atoms with E-state index in [0.717, 1.165) is 0 Å². The summed E-state index contributed by atoms with van der Waals surface area (Å²) in [5.74, 6) is 0.371. The van der Waals surface area contributed by atoms with Gasteiger partial charge in [0.1, 0.15) is 12.1 Å². The van der Waals surface area contributed by atoms with E-state index in [4.69, 9.17) is 22.1 Å². The number of hydrogen-bond donors (Lipinski definition) is 1. The molecule has 20 heavy (non-hydrogen) atoms. The number of para-hydroxylation sites is 1. The van der Waals surface area contributed by atoms with Gasteiger partial charge in [-0.2, -0.15) is 0 Å². The molecule has 1 aromatic carbocycles. The van der Waals surface area contributed by atoms with E-state index in [-0.39, 0.29) is 28.2 Å². The molecule has 7 nitrogen and oxygen atoms in total. The summed E-state index contributed by atoms with van der Waals surface area (Å²) in [6.07, 6.45) is 1.76. The van der Waals surface area contributed by atoms with E-state index < -0.39 is 4.92 Å². The maximum absolute atomic E-state index is 11.0. The first-order valence-electron chi connectivity index (χ1n) is 5.74. The van der Waals surface area contributed by atoms with Crippen LogP contribution in [0.3, 0.4) is 0 Å². The Morgan fingerprint density at radius 2 is 2.20 bits per heavy atom. The molecule has 0 saturated carbocycles. The van der Waals surface area contributed by atoms with Gasteiger partial charge in [0.2, 0.25) is 11.6 Å². The smallest absolute Gasteiger partial charge is 0.313 e. The fourth-order valence-corrected chi connectivity index (χ4v) is 1.88. The molecule has 1 aromatic heterocycles. The number of nitrogen functional groups attached to an aromatic ring is 1. The van der Waals surface area contributed by atoms with Gasteiger partial charge in [-0.15, -0.1) is 0 Å². The third kappa shape index (κ3) is 2.62. The van der Waals surface area contributed by atoms with Crippen LogP contribution >= 0.6 is 11.6 Å². The summed E-state index contributed by atoms with van der Waals surface area (Å²) in [4.78, 5) is 18.2. The molecule has 0 radical (unpaired) electrons. The Hall–Kier alpha value is -2.41. The molecule has 0 fully saturated rings. The molecular weight excluding hydrogens is 284 g/mol. The number of hydrogen-bond acceptors (Lipinski definition) is 6. The maximum Gasteiger partial charge on any atom is 0.313 e. The molecule has 104 valence electrons. The predicted molar refractivity (Wildman–Crippen MR) is 74.0 cm³/mol. The maximum atomic E-state index is 11.0. The van der Waals surface area contributed by atoms with Gasteiger partial charge >= 0.3 is 5.69 Å². The number of nitrogens with zero attached hydrogens (tertiary/aromatic N) is 3. The van der Waals surface area contributed by atoms with Crippen molar-refractivity contribution in [3.8, 4) is 11.6 Å². The Morgan fingerprint density at radius 1 is 1.45 bits per heavy atom. The Kier molecular flexibility index (Phi) is 3.99. The van der Waals surface area contributed by atoms with Crippen molar-refractivity contribution in [1.29, 1.82) is 0 Å². The van der Waals surface area contributed by atoms with Crippen LogP contribution in [0.15, 0.2) is 24.5 Å². The molecule has 0 aliphatic carbocycles. The van der Waals surface area contributed by atoms with Crippen LogP contribution < -0.4 is 10.5 Å². The lowest BCUT2D eigenvalue weighted by Gasteiger charge is -2.11. The van der Waals surface area contributed by atoms with Gasteiger partial charge in [-0.3, -0.25) is 10.1 Å². The first kappa shape index (κ1) is 14.0. The minimum Gasteiger partial charge on any atom is -0.430 e. The lowest BCUT2D eigenvalue weighted by atomic mass is 10.2. The third-order valence-corrected chi connectivity index (χ3v) is 2.93. The van der Waals surface area contributed by atoms with E-state index >= 15 is 0 Å². The molecule has 0 aliphatic heterocycles. The Bertz CT molecular complexity index is 663. The number of ether oxygens (including phenoxy) is 1. The molecule has 2 N–H and O–H groups in total. The normalized spacial score (nSPS) is 10.3. The predicted octanol–water partition coefficient (Wildman–Crippen LogP) is 2.98. The van der Waals surface area contributed by atoms with Gasteiger partial charge in [0, 0.05) is 6.07 Å². The fourth-order valence-electron chi connectivity index (χ4n) is 1.67. The highest BCUT2D eigenvalue weighted by molar-refractivity contribution is 6.32. The Labute approximate surface area is 119 Å². The monoisotopic (exact) mass is 294 g/mol. The van der Waals surface area contributed by atoms with Gasteiger partial charge in [-0.1, -0.05) is 24.6 Å². The summed E-state index contributed by atoms with van der Waals surface area (Å²) in [6, 6.07) is 4.28. The largest absolute Gasteiger partial charge is 0.430 e. The second kappa shape index (κ2) is 5.70. The molecule has 0 atom stereocenters. The summed E-state index contributed by atoms with van der Waals surface area (Å²) in [5, 5.41) is 11.1. The Balaban J connectivity index is 2.50. The van der Waals surface area contributed by atoms with Crippen LogP contribution in [0.5, 0.6) is 11.6 Å². The number of nitro groups is 1. The van der Waals surface area contributed by atoms with E-state index in [9.17, 15) is 10.1 Å². The quantitative estimate of drug-likeness (QED) is 0.686. The summed E-state index contributed by atoms with van der Waals surface area (Å²) >= 11 is 5.95. The first-order valence-corrected chi connectivity index (χ1v) is 6.12. The van der Waals surface area contributed by atoms with E-state index in [2.05, 4.69) is 9.97 Å². The second-order valence-electron chi connectivity index (χ2n) is 3.84. The zero-order chi connectivity index (χ0) is 14.7. The molecule has 2 rings (SSSR count). The molecular formula is C12H11ClN4O3. The molecule has 0 amide bonds. The molecule has 8 heteroatoms. The van der Waals surface area contributed by atoms with Crippen LogP contribution in [0.4, 0.5) is 11.5 Å². The molecule has 2 aromatic rings. The highest BCUT2D eigenvalue weighted by Crippen LogP contribution is 2.38. The highest BCUT2D eigenvalue weighted by atomic mass is 35.5. The number of rotatable bonds is 4. The van der Waals surface area contributed by atoms with Gasteiger partial charge in [0.25, 0.3) is 0 Å². The lowest BCUT2D eigenvalue weighted by molar-refractivity contribution is -0.385. The summed E-state index contributed by atoms with van der Waals surface area (Å²) in [7, 11) is 0. The standard InChI is InChI=1S/C12H11ClN4O3/c1-2-7-11(14)15-6-16-12(7)20-10-8(13)4-3-5-9(10)17(18)19/h3-6H,2H2,1H3,(H2,14,15,16). The number of aromatic nitrogens is 2. The van der Waals surface area contributed by atoms with Gasteiger partial charge in [-0.25, -0.2) is 9.97 Å². The van der Waals surface area contributed by atoms with Crippen molar-refractivity contribution < 1.29 is 9.66 Å². The van der Waals surface area contributed by atoms with Gasteiger partial charge in [0.05, 0.1) is 15.5 Å². The summed E-state index contributed by atoms with van der Waals surface area (Å²) in [5.41, 5.74) is 6.06. The Morgan fingerprint density at radius 3 is 2.85 bits per heavy atom. The van der Waals surface area contributed by atoms with Crippen molar-refractivity contribution in [2.24, 2.45) is 0 Å². The fraction of sp³-hybridized carbons (Fsp3) is 0.167. The summed E-state index contributed by atoms with van der Waals surface area (Å²) in [6.45, 7) is 1.85. The third-order valence-electron chi connectivity index (χ3n) is 2.63. The molecule has 0 spiro atoms. The topological polar surface area (TPSA) is 104 Å². The van der Waals surface area contributed by atoms with Crippen LogP contribution in [-0.2, 0) is 6.42 Å². The average Bonchev–Trinajstić information content (AvgIpc) is 2.41. The van der Waals surface area contributed by atoms with Crippen molar-refractivity contribution in [2.75, 3.05) is 5.73 Å². The van der Waals surface area contributed by atoms with Crippen molar-refractivity contribution in [2.45, 2.75) is 13.3 Å². The zero-order valence-corrected chi connectivity index (χ0v) is 11.3. The van der Waals surface area contributed by atoms with Crippen molar-refractivity contribution in [3.05, 3.63) is 45.2 Å². The van der Waals surface area contributed by atoms with Crippen LogP contribution in [0.2, 0.25) is 5.02 Å². The number of anilines is 1. The van der Waals surface area contributed by atoms with E-state index in [1.807, 2.05) is 6.92 Å². The average molecular weight is 295 g/mol. The number of halogens is 1. The zero-order valence-electron chi connectivity index (χ0n) is 10.5. The van der Waals surface area contributed by atoms with Crippen LogP contribution in [0.25, 0.3) is 0 Å². The first-order chi connectivity index (χ1) is 9.54. The lowest BCUT2D eigenvalue weighted by Crippen LogP contribution is -2.03. The number of nitro benzene ring substituents is 1. The van der Waals surface area contributed by atoms with Crippen LogP contribution in [0, 0.1) is 10.1 Å². The molecule has 0 saturated heterocycles. The molecule has 0 unspecified atom stereocenters. The van der Waals surface area contributed by atoms with Crippen molar-refractivity contribution in [1.82, 2.24) is 9.97 Å². The van der Waals surface area contributed by atoms with Crippen LogP contribution in [-0.4, -0.2) is 14.9 Å². The highest BCUT2D eigenvalue weighted by Gasteiger charge is 2.21. The van der Waals surface area contributed by atoms with E-state index in [1.165, 1.54) is 24.5 Å². The summed E-state index contributed by atoms with van der Waals surface area (Å²) < 4.78 is 5.50. The van der Waals surface area contributed by atoms with Gasteiger partial charge in [0.15, 0.2) is 0 Å².